The summed E-state index contributed by atoms with van der Waals surface area (Å²) in [6.45, 7) is 14.6. The van der Waals surface area contributed by atoms with Crippen LogP contribution in [0.3, 0.4) is 0 Å². The van der Waals surface area contributed by atoms with E-state index in [9.17, 15) is 0 Å². The van der Waals surface area contributed by atoms with Crippen molar-refractivity contribution in [1.29, 1.82) is 0 Å². The third-order valence-corrected chi connectivity index (χ3v) is 7.18. The maximum absolute atomic E-state index is 6.33. The van der Waals surface area contributed by atoms with Crippen LogP contribution in [0.15, 0.2) is 29.3 Å². The first kappa shape index (κ1) is 26.7. The van der Waals surface area contributed by atoms with Gasteiger partial charge >= 0.3 is 0 Å². The molecule has 2 aliphatic heterocycles. The highest BCUT2D eigenvalue weighted by atomic mass is 127. The Labute approximate surface area is 211 Å². The zero-order valence-electron chi connectivity index (χ0n) is 19.5. The third-order valence-electron chi connectivity index (χ3n) is 6.82. The van der Waals surface area contributed by atoms with Gasteiger partial charge in [0.2, 0.25) is 0 Å². The summed E-state index contributed by atoms with van der Waals surface area (Å²) in [5.74, 6) is 2.57. The monoisotopic (exact) mass is 561 g/mol. The average Bonchev–Trinajstić information content (AvgIpc) is 3.23. The summed E-state index contributed by atoms with van der Waals surface area (Å²) in [7, 11) is 1.92. The van der Waals surface area contributed by atoms with Crippen molar-refractivity contribution in [2.75, 3.05) is 59.4 Å². The Kier molecular flexibility index (Phi) is 11.9. The molecule has 1 unspecified atom stereocenters. The normalized spacial score (nSPS) is 20.9. The Morgan fingerprint density at radius 1 is 1.10 bits per heavy atom. The molecule has 2 saturated heterocycles. The van der Waals surface area contributed by atoms with E-state index in [0.29, 0.717) is 0 Å². The number of nitrogens with zero attached hydrogens (tertiary/aromatic N) is 4. The molecule has 0 bridgehead atoms. The molecule has 1 N–H and O–H groups in total. The van der Waals surface area contributed by atoms with E-state index in [4.69, 9.17) is 11.6 Å². The van der Waals surface area contributed by atoms with Gasteiger partial charge in [0.05, 0.1) is 0 Å². The van der Waals surface area contributed by atoms with Gasteiger partial charge in [-0.2, -0.15) is 0 Å². The van der Waals surface area contributed by atoms with Gasteiger partial charge in [-0.1, -0.05) is 43.6 Å². The van der Waals surface area contributed by atoms with Crippen molar-refractivity contribution in [3.8, 4) is 0 Å². The molecule has 0 spiro atoms. The smallest absolute Gasteiger partial charge is 0.193 e. The van der Waals surface area contributed by atoms with Gasteiger partial charge in [-0.25, -0.2) is 0 Å². The maximum Gasteiger partial charge on any atom is 0.193 e. The molecule has 1 aromatic carbocycles. The quantitative estimate of drug-likeness (QED) is 0.290. The predicted octanol–water partition coefficient (Wildman–Crippen LogP) is 4.41. The summed E-state index contributed by atoms with van der Waals surface area (Å²) in [6.07, 6.45) is 3.75. The Morgan fingerprint density at radius 2 is 1.77 bits per heavy atom. The van der Waals surface area contributed by atoms with Crippen LogP contribution >= 0.6 is 35.6 Å². The Morgan fingerprint density at radius 3 is 2.42 bits per heavy atom. The van der Waals surface area contributed by atoms with Crippen LogP contribution in [0.5, 0.6) is 0 Å². The second kappa shape index (κ2) is 13.9. The first-order valence-corrected chi connectivity index (χ1v) is 12.1. The number of piperidine rings is 1. The molecule has 5 nitrogen and oxygen atoms in total. The summed E-state index contributed by atoms with van der Waals surface area (Å²) in [4.78, 5) is 12.1. The lowest BCUT2D eigenvalue weighted by atomic mass is 9.96. The second-order valence-corrected chi connectivity index (χ2v) is 9.23. The summed E-state index contributed by atoms with van der Waals surface area (Å²) in [6, 6.07) is 8.21. The van der Waals surface area contributed by atoms with Crippen molar-refractivity contribution in [2.45, 2.75) is 39.7 Å². The molecule has 0 aromatic heterocycles. The minimum absolute atomic E-state index is 0. The van der Waals surface area contributed by atoms with Gasteiger partial charge in [0.25, 0.3) is 0 Å². The molecule has 31 heavy (non-hydrogen) atoms. The van der Waals surface area contributed by atoms with E-state index in [1.165, 1.54) is 31.4 Å². The molecule has 7 heteroatoms. The minimum atomic E-state index is 0. The van der Waals surface area contributed by atoms with Crippen LogP contribution in [0, 0.1) is 11.8 Å². The van der Waals surface area contributed by atoms with E-state index in [-0.39, 0.29) is 24.0 Å². The minimum Gasteiger partial charge on any atom is -0.356 e. The largest absolute Gasteiger partial charge is 0.356 e. The summed E-state index contributed by atoms with van der Waals surface area (Å²) in [5.41, 5.74) is 1.24. The molecule has 0 amide bonds. The number of benzene rings is 1. The average molecular weight is 562 g/mol. The van der Waals surface area contributed by atoms with Crippen molar-refractivity contribution in [2.24, 2.45) is 16.8 Å². The zero-order chi connectivity index (χ0) is 21.3. The van der Waals surface area contributed by atoms with E-state index >= 15 is 0 Å². The Hall–Kier alpha value is -0.570. The fourth-order valence-corrected chi connectivity index (χ4v) is 5.00. The molecule has 0 radical (unpaired) electrons. The highest BCUT2D eigenvalue weighted by Crippen LogP contribution is 2.22. The lowest BCUT2D eigenvalue weighted by Crippen LogP contribution is -2.44. The fraction of sp³-hybridized carbons (Fsp3) is 0.708. The SMILES string of the molecule is CCN(CC)CC1CCN(C(=NC)NCC2CCN(Cc3ccccc3Cl)CC2)C1.I. The lowest BCUT2D eigenvalue weighted by Gasteiger charge is -2.33. The van der Waals surface area contributed by atoms with Gasteiger partial charge in [0, 0.05) is 44.8 Å². The third kappa shape index (κ3) is 8.06. The predicted molar refractivity (Wildman–Crippen MR) is 144 cm³/mol. The molecule has 1 aromatic rings. The highest BCUT2D eigenvalue weighted by molar-refractivity contribution is 14.0. The molecular weight excluding hydrogens is 521 g/mol. The van der Waals surface area contributed by atoms with Gasteiger partial charge < -0.3 is 15.1 Å². The molecule has 3 rings (SSSR count). The summed E-state index contributed by atoms with van der Waals surface area (Å²) < 4.78 is 0. The number of rotatable bonds is 8. The van der Waals surface area contributed by atoms with Gasteiger partial charge in [0.15, 0.2) is 5.96 Å². The van der Waals surface area contributed by atoms with Crippen molar-refractivity contribution in [3.63, 3.8) is 0 Å². The second-order valence-electron chi connectivity index (χ2n) is 8.83. The molecule has 0 aliphatic carbocycles. The summed E-state index contributed by atoms with van der Waals surface area (Å²) in [5, 5.41) is 4.56. The van der Waals surface area contributed by atoms with Crippen LogP contribution < -0.4 is 5.32 Å². The van der Waals surface area contributed by atoms with Crippen LogP contribution in [0.1, 0.15) is 38.7 Å². The van der Waals surface area contributed by atoms with Crippen LogP contribution in [0.4, 0.5) is 0 Å². The Bertz CT molecular complexity index is 674. The zero-order valence-corrected chi connectivity index (χ0v) is 22.6. The molecular formula is C24H41ClIN5. The molecule has 0 saturated carbocycles. The lowest BCUT2D eigenvalue weighted by molar-refractivity contribution is 0.177. The number of hydrogen-bond donors (Lipinski definition) is 1. The molecule has 2 heterocycles. The van der Waals surface area contributed by atoms with E-state index in [0.717, 1.165) is 75.2 Å². The van der Waals surface area contributed by atoms with Crippen molar-refractivity contribution in [1.82, 2.24) is 20.0 Å². The van der Waals surface area contributed by atoms with E-state index < -0.39 is 0 Å². The van der Waals surface area contributed by atoms with E-state index in [2.05, 4.69) is 51.0 Å². The van der Waals surface area contributed by atoms with Gasteiger partial charge in [-0.05, 0) is 68.9 Å². The van der Waals surface area contributed by atoms with Crippen LogP contribution in [-0.2, 0) is 6.54 Å². The highest BCUT2D eigenvalue weighted by Gasteiger charge is 2.27. The number of nitrogens with one attached hydrogen (secondary N) is 1. The number of hydrogen-bond acceptors (Lipinski definition) is 3. The van der Waals surface area contributed by atoms with Crippen LogP contribution in [0.2, 0.25) is 5.02 Å². The van der Waals surface area contributed by atoms with Gasteiger partial charge in [-0.3, -0.25) is 9.89 Å². The number of guanidine groups is 1. The molecule has 1 atom stereocenters. The first-order chi connectivity index (χ1) is 14.6. The molecule has 2 fully saturated rings. The number of halogens is 2. The first-order valence-electron chi connectivity index (χ1n) is 11.8. The summed E-state index contributed by atoms with van der Waals surface area (Å²) >= 11 is 6.33. The molecule has 2 aliphatic rings. The Balaban J connectivity index is 0.00000341. The van der Waals surface area contributed by atoms with Crippen LogP contribution in [0.25, 0.3) is 0 Å². The van der Waals surface area contributed by atoms with Gasteiger partial charge in [0.1, 0.15) is 0 Å². The topological polar surface area (TPSA) is 34.1 Å². The van der Waals surface area contributed by atoms with Crippen LogP contribution in [-0.4, -0.2) is 80.1 Å². The molecule has 176 valence electrons. The van der Waals surface area contributed by atoms with E-state index in [1.807, 2.05) is 19.2 Å². The number of aliphatic imine (C=N–C) groups is 1. The maximum atomic E-state index is 6.33. The standard InChI is InChI=1S/C24H40ClN5.HI/c1-4-28(5-2)17-21-12-15-30(18-21)24(26-3)27-16-20-10-13-29(14-11-20)19-22-8-6-7-9-23(22)25;/h6-9,20-21H,4-5,10-19H2,1-3H3,(H,26,27);1H. The van der Waals surface area contributed by atoms with E-state index in [1.54, 1.807) is 0 Å². The van der Waals surface area contributed by atoms with Crippen molar-refractivity contribution >= 4 is 41.5 Å². The van der Waals surface area contributed by atoms with Crippen molar-refractivity contribution in [3.05, 3.63) is 34.9 Å². The van der Waals surface area contributed by atoms with Crippen molar-refractivity contribution < 1.29 is 0 Å². The fourth-order valence-electron chi connectivity index (χ4n) is 4.81. The number of likely N-dealkylation sites (tertiary alicyclic amines) is 2. The van der Waals surface area contributed by atoms with Gasteiger partial charge in [-0.15, -0.1) is 24.0 Å².